The lowest BCUT2D eigenvalue weighted by atomic mass is 9.88. The Hall–Kier alpha value is -1.18. The molecule has 0 saturated carbocycles. The lowest BCUT2D eigenvalue weighted by Crippen LogP contribution is -2.51. The van der Waals surface area contributed by atoms with Gasteiger partial charge in [-0.3, -0.25) is 9.69 Å². The Morgan fingerprint density at radius 2 is 2.43 bits per heavy atom. The first-order valence-corrected chi connectivity index (χ1v) is 7.63. The third-order valence-electron chi connectivity index (χ3n) is 3.93. The molecular weight excluding hydrogens is 274 g/mol. The third-order valence-corrected chi connectivity index (χ3v) is 3.93. The van der Waals surface area contributed by atoms with Gasteiger partial charge in [0.1, 0.15) is 5.71 Å². The van der Waals surface area contributed by atoms with Crippen LogP contribution >= 0.6 is 0 Å². The Morgan fingerprint density at radius 1 is 1.62 bits per heavy atom. The number of carbonyl (C=O) groups excluding carboxylic acids is 1. The summed E-state index contributed by atoms with van der Waals surface area (Å²) in [5.74, 6) is -0.152. The first-order chi connectivity index (χ1) is 10.1. The van der Waals surface area contributed by atoms with E-state index < -0.39 is 11.7 Å². The Kier molecular flexibility index (Phi) is 5.55. The van der Waals surface area contributed by atoms with Gasteiger partial charge in [-0.15, -0.1) is 0 Å². The van der Waals surface area contributed by atoms with Gasteiger partial charge in [0.2, 0.25) is 0 Å². The van der Waals surface area contributed by atoms with Crippen LogP contribution in [0.2, 0.25) is 0 Å². The predicted octanol–water partition coefficient (Wildman–Crippen LogP) is -0.523. The summed E-state index contributed by atoms with van der Waals surface area (Å²) in [5.41, 5.74) is -0.000212. The fourth-order valence-corrected chi connectivity index (χ4v) is 2.90. The quantitative estimate of drug-likeness (QED) is 0.613. The molecule has 7 heteroatoms. The number of oxime groups is 1. The Bertz CT molecular complexity index is 402. The van der Waals surface area contributed by atoms with E-state index in [9.17, 15) is 9.90 Å². The second kappa shape index (κ2) is 7.20. The van der Waals surface area contributed by atoms with E-state index in [0.29, 0.717) is 31.8 Å². The summed E-state index contributed by atoms with van der Waals surface area (Å²) in [4.78, 5) is 19.6. The van der Waals surface area contributed by atoms with E-state index in [1.54, 1.807) is 0 Å². The van der Waals surface area contributed by atoms with Crippen LogP contribution in [0.1, 0.15) is 32.6 Å². The van der Waals surface area contributed by atoms with E-state index >= 15 is 0 Å². The largest absolute Gasteiger partial charge is 0.394 e. The molecule has 1 amide bonds. The lowest BCUT2D eigenvalue weighted by molar-refractivity contribution is -0.114. The molecule has 2 unspecified atom stereocenters. The van der Waals surface area contributed by atoms with Crippen molar-refractivity contribution in [3.63, 3.8) is 0 Å². The number of rotatable bonds is 6. The highest BCUT2D eigenvalue weighted by Crippen LogP contribution is 2.33. The average Bonchev–Trinajstić information content (AvgIpc) is 2.88. The fraction of sp³-hybridized carbons (Fsp3) is 0.857. The minimum atomic E-state index is -0.741. The van der Waals surface area contributed by atoms with Crippen LogP contribution in [0, 0.1) is 0 Å². The van der Waals surface area contributed by atoms with E-state index in [1.807, 2.05) is 6.92 Å². The van der Waals surface area contributed by atoms with Gasteiger partial charge in [0.25, 0.3) is 5.91 Å². The first-order valence-electron chi connectivity index (χ1n) is 7.63. The molecule has 0 bridgehead atoms. The van der Waals surface area contributed by atoms with Crippen molar-refractivity contribution in [2.45, 2.75) is 44.3 Å². The maximum absolute atomic E-state index is 11.9. The molecule has 2 aliphatic rings. The predicted molar refractivity (Wildman–Crippen MR) is 77.9 cm³/mol. The van der Waals surface area contributed by atoms with E-state index in [2.05, 4.69) is 15.4 Å². The second-order valence-corrected chi connectivity index (χ2v) is 5.92. The van der Waals surface area contributed by atoms with Gasteiger partial charge in [-0.25, -0.2) is 0 Å². The molecule has 0 aromatic carbocycles. The molecule has 2 aliphatic heterocycles. The maximum Gasteiger partial charge on any atom is 0.269 e. The highest BCUT2D eigenvalue weighted by Gasteiger charge is 2.44. The fourth-order valence-electron chi connectivity index (χ4n) is 2.90. The molecule has 1 saturated heterocycles. The number of carbonyl (C=O) groups is 1. The second-order valence-electron chi connectivity index (χ2n) is 5.92. The number of likely N-dealkylation sites (tertiary alicyclic amines) is 1. The number of piperidine rings is 1. The van der Waals surface area contributed by atoms with Gasteiger partial charge in [0.15, 0.2) is 5.60 Å². The normalized spacial score (nSPS) is 27.3. The van der Waals surface area contributed by atoms with Crippen molar-refractivity contribution in [1.29, 1.82) is 0 Å². The molecule has 2 rings (SSSR count). The summed E-state index contributed by atoms with van der Waals surface area (Å²) in [6.45, 7) is 4.29. The molecule has 0 aromatic heterocycles. The van der Waals surface area contributed by atoms with E-state index in [0.717, 1.165) is 25.8 Å². The molecular formula is C14H25N3O4. The number of hydrogen-bond donors (Lipinski definition) is 3. The van der Waals surface area contributed by atoms with Crippen LogP contribution in [0.3, 0.4) is 0 Å². The van der Waals surface area contributed by atoms with E-state index in [-0.39, 0.29) is 12.5 Å². The van der Waals surface area contributed by atoms with Crippen LogP contribution in [0.25, 0.3) is 0 Å². The van der Waals surface area contributed by atoms with Crippen molar-refractivity contribution >= 4 is 11.6 Å². The van der Waals surface area contributed by atoms with Crippen LogP contribution in [0.4, 0.5) is 0 Å². The van der Waals surface area contributed by atoms with Crippen LogP contribution in [-0.4, -0.2) is 71.2 Å². The summed E-state index contributed by atoms with van der Waals surface area (Å²) < 4.78 is 0. The highest BCUT2D eigenvalue weighted by molar-refractivity contribution is 6.39. The third kappa shape index (κ3) is 4.15. The Labute approximate surface area is 124 Å². The molecule has 0 aromatic rings. The van der Waals surface area contributed by atoms with Crippen molar-refractivity contribution in [3.8, 4) is 0 Å². The monoisotopic (exact) mass is 299 g/mol. The van der Waals surface area contributed by atoms with Gasteiger partial charge in [-0.05, 0) is 25.8 Å². The number of hydrogen-bond acceptors (Lipinski definition) is 6. The topological polar surface area (TPSA) is 94.4 Å². The highest BCUT2D eigenvalue weighted by atomic mass is 16.7. The van der Waals surface area contributed by atoms with Crippen molar-refractivity contribution in [1.82, 2.24) is 10.2 Å². The van der Waals surface area contributed by atoms with Crippen LogP contribution < -0.4 is 5.32 Å². The number of aliphatic hydroxyl groups excluding tert-OH is 2. The lowest BCUT2D eigenvalue weighted by Gasteiger charge is -2.38. The maximum atomic E-state index is 11.9. The SMILES string of the molecule is CCCNC(=O)C1=NOC2(CCCN(CC(O)CO)C2)C1. The molecule has 0 aliphatic carbocycles. The zero-order valence-corrected chi connectivity index (χ0v) is 12.5. The zero-order valence-electron chi connectivity index (χ0n) is 12.5. The number of nitrogens with zero attached hydrogens (tertiary/aromatic N) is 2. The number of β-amino-alcohol motifs (C(OH)–C–C–N with tert-alkyl or cyclic N) is 1. The molecule has 21 heavy (non-hydrogen) atoms. The van der Waals surface area contributed by atoms with Gasteiger partial charge < -0.3 is 20.4 Å². The molecule has 3 N–H and O–H groups in total. The van der Waals surface area contributed by atoms with Gasteiger partial charge in [-0.2, -0.15) is 0 Å². The van der Waals surface area contributed by atoms with Crippen molar-refractivity contribution < 1.29 is 19.8 Å². The van der Waals surface area contributed by atoms with Gasteiger partial charge in [-0.1, -0.05) is 12.1 Å². The number of amides is 1. The van der Waals surface area contributed by atoms with Crippen LogP contribution in [0.5, 0.6) is 0 Å². The molecule has 0 radical (unpaired) electrons. The van der Waals surface area contributed by atoms with Crippen molar-refractivity contribution in [3.05, 3.63) is 0 Å². The molecule has 7 nitrogen and oxygen atoms in total. The summed E-state index contributed by atoms with van der Waals surface area (Å²) in [7, 11) is 0. The summed E-state index contributed by atoms with van der Waals surface area (Å²) in [6.07, 6.45) is 2.44. The molecule has 2 heterocycles. The Morgan fingerprint density at radius 3 is 3.14 bits per heavy atom. The molecule has 2 atom stereocenters. The van der Waals surface area contributed by atoms with Gasteiger partial charge in [0.05, 0.1) is 12.7 Å². The van der Waals surface area contributed by atoms with Crippen LogP contribution in [0.15, 0.2) is 5.16 Å². The standard InChI is InChI=1S/C14H25N3O4/c1-2-5-15-13(20)12-7-14(21-16-12)4-3-6-17(10-14)8-11(19)9-18/h11,18-19H,2-10H2,1H3,(H,15,20). The van der Waals surface area contributed by atoms with E-state index in [4.69, 9.17) is 9.94 Å². The van der Waals surface area contributed by atoms with Gasteiger partial charge >= 0.3 is 0 Å². The van der Waals surface area contributed by atoms with Crippen LogP contribution in [-0.2, 0) is 9.63 Å². The molecule has 1 fully saturated rings. The Balaban J connectivity index is 1.88. The minimum absolute atomic E-state index is 0.152. The van der Waals surface area contributed by atoms with Crippen molar-refractivity contribution in [2.75, 3.05) is 32.8 Å². The van der Waals surface area contributed by atoms with Gasteiger partial charge in [0, 0.05) is 26.1 Å². The average molecular weight is 299 g/mol. The summed E-state index contributed by atoms with van der Waals surface area (Å²) in [5, 5.41) is 25.3. The first kappa shape index (κ1) is 16.2. The zero-order chi connectivity index (χ0) is 15.3. The minimum Gasteiger partial charge on any atom is -0.394 e. The smallest absolute Gasteiger partial charge is 0.269 e. The number of aliphatic hydroxyl groups is 2. The number of nitrogens with one attached hydrogen (secondary N) is 1. The van der Waals surface area contributed by atoms with Crippen molar-refractivity contribution in [2.24, 2.45) is 5.16 Å². The molecule has 1 spiro atoms. The molecule has 120 valence electrons. The summed E-state index contributed by atoms with van der Waals surface area (Å²) >= 11 is 0. The van der Waals surface area contributed by atoms with E-state index in [1.165, 1.54) is 0 Å². The summed E-state index contributed by atoms with van der Waals surface area (Å²) in [6, 6.07) is 0.